The Labute approximate surface area is 166 Å². The maximum Gasteiger partial charge on any atom is 0.274 e. The zero-order valence-corrected chi connectivity index (χ0v) is 15.7. The first-order valence-corrected chi connectivity index (χ1v) is 8.99. The number of nitrogens with zero attached hydrogens (tertiary/aromatic N) is 4. The quantitative estimate of drug-likeness (QED) is 0.552. The van der Waals surface area contributed by atoms with Crippen LogP contribution in [0.4, 0.5) is 0 Å². The predicted molar refractivity (Wildman–Crippen MR) is 104 cm³/mol. The molecule has 0 aliphatic rings. The van der Waals surface area contributed by atoms with Crippen molar-refractivity contribution in [3.63, 3.8) is 0 Å². The highest BCUT2D eigenvalue weighted by atomic mass is 35.5. The van der Waals surface area contributed by atoms with E-state index in [2.05, 4.69) is 20.6 Å². The number of carbonyl (C=O) groups is 1. The molecule has 1 amide bonds. The van der Waals surface area contributed by atoms with Crippen molar-refractivity contribution >= 4 is 17.5 Å². The normalized spacial score (nSPS) is 11.9. The SMILES string of the molecule is CC(NC(=O)c1nnn(-c2ccccc2Cl)c1-c1ccccn1)c1ccco1. The highest BCUT2D eigenvalue weighted by Crippen LogP contribution is 2.27. The van der Waals surface area contributed by atoms with Crippen LogP contribution in [0.1, 0.15) is 29.2 Å². The van der Waals surface area contributed by atoms with Gasteiger partial charge in [-0.2, -0.15) is 0 Å². The Morgan fingerprint density at radius 1 is 1.14 bits per heavy atom. The Morgan fingerprint density at radius 3 is 2.68 bits per heavy atom. The van der Waals surface area contributed by atoms with E-state index in [9.17, 15) is 4.79 Å². The standard InChI is InChI=1S/C20H16ClN5O2/c1-13(17-10-6-12-28-17)23-20(27)18-19(15-8-4-5-11-22-15)26(25-24-18)16-9-3-2-7-14(16)21/h2-13H,1H3,(H,23,27). The summed E-state index contributed by atoms with van der Waals surface area (Å²) in [5, 5.41) is 11.7. The van der Waals surface area contributed by atoms with Gasteiger partial charge in [0.2, 0.25) is 0 Å². The molecule has 7 nitrogen and oxygen atoms in total. The van der Waals surface area contributed by atoms with Gasteiger partial charge in [-0.1, -0.05) is 35.0 Å². The van der Waals surface area contributed by atoms with Gasteiger partial charge in [0.1, 0.15) is 11.5 Å². The van der Waals surface area contributed by atoms with Crippen molar-refractivity contribution in [1.29, 1.82) is 0 Å². The van der Waals surface area contributed by atoms with Gasteiger partial charge in [-0.15, -0.1) is 5.10 Å². The molecule has 28 heavy (non-hydrogen) atoms. The maximum atomic E-state index is 12.9. The lowest BCUT2D eigenvalue weighted by molar-refractivity contribution is 0.0931. The summed E-state index contributed by atoms with van der Waals surface area (Å²) in [7, 11) is 0. The fourth-order valence-electron chi connectivity index (χ4n) is 2.83. The van der Waals surface area contributed by atoms with E-state index in [-0.39, 0.29) is 17.6 Å². The fraction of sp³-hybridized carbons (Fsp3) is 0.100. The predicted octanol–water partition coefficient (Wildman–Crippen LogP) is 4.07. The van der Waals surface area contributed by atoms with Gasteiger partial charge in [-0.05, 0) is 43.3 Å². The molecule has 1 aromatic carbocycles. The van der Waals surface area contributed by atoms with Crippen molar-refractivity contribution in [3.8, 4) is 17.1 Å². The van der Waals surface area contributed by atoms with Crippen LogP contribution in [0, 0.1) is 0 Å². The number of carbonyl (C=O) groups excluding carboxylic acids is 1. The molecule has 0 radical (unpaired) electrons. The minimum Gasteiger partial charge on any atom is -0.467 e. The van der Waals surface area contributed by atoms with Gasteiger partial charge < -0.3 is 9.73 Å². The molecule has 3 heterocycles. The molecular weight excluding hydrogens is 378 g/mol. The number of hydrogen-bond donors (Lipinski definition) is 1. The van der Waals surface area contributed by atoms with Gasteiger partial charge in [0.15, 0.2) is 5.69 Å². The van der Waals surface area contributed by atoms with Gasteiger partial charge >= 0.3 is 0 Å². The first-order chi connectivity index (χ1) is 13.6. The molecule has 1 unspecified atom stereocenters. The lowest BCUT2D eigenvalue weighted by Gasteiger charge is -2.12. The zero-order valence-electron chi connectivity index (χ0n) is 14.9. The van der Waals surface area contributed by atoms with Crippen LogP contribution in [0.25, 0.3) is 17.1 Å². The molecule has 0 bridgehead atoms. The number of para-hydroxylation sites is 1. The first kappa shape index (κ1) is 17.9. The molecule has 0 spiro atoms. The number of nitrogens with one attached hydrogen (secondary N) is 1. The summed E-state index contributed by atoms with van der Waals surface area (Å²) in [6, 6.07) is 15.9. The molecule has 0 aliphatic heterocycles. The molecule has 4 aromatic rings. The second-order valence-electron chi connectivity index (χ2n) is 6.08. The van der Waals surface area contributed by atoms with Gasteiger partial charge in [0.05, 0.1) is 28.7 Å². The lowest BCUT2D eigenvalue weighted by Crippen LogP contribution is -2.27. The molecule has 0 fully saturated rings. The van der Waals surface area contributed by atoms with E-state index in [0.29, 0.717) is 27.9 Å². The van der Waals surface area contributed by atoms with Crippen molar-refractivity contribution in [1.82, 2.24) is 25.3 Å². The van der Waals surface area contributed by atoms with Crippen LogP contribution in [-0.4, -0.2) is 25.9 Å². The largest absolute Gasteiger partial charge is 0.467 e. The third-order valence-electron chi connectivity index (χ3n) is 4.19. The average Bonchev–Trinajstić information content (AvgIpc) is 3.39. The van der Waals surface area contributed by atoms with Gasteiger partial charge in [-0.25, -0.2) is 4.68 Å². The minimum absolute atomic E-state index is 0.150. The summed E-state index contributed by atoms with van der Waals surface area (Å²) in [5.41, 5.74) is 1.77. The lowest BCUT2D eigenvalue weighted by atomic mass is 10.2. The first-order valence-electron chi connectivity index (χ1n) is 8.61. The molecule has 1 atom stereocenters. The number of furan rings is 1. The van der Waals surface area contributed by atoms with Crippen molar-refractivity contribution in [2.75, 3.05) is 0 Å². The number of amides is 1. The van der Waals surface area contributed by atoms with Crippen LogP contribution in [0.3, 0.4) is 0 Å². The number of pyridine rings is 1. The molecular formula is C20H16ClN5O2. The van der Waals surface area contributed by atoms with E-state index in [1.807, 2.05) is 25.1 Å². The third-order valence-corrected chi connectivity index (χ3v) is 4.51. The Morgan fingerprint density at radius 2 is 1.96 bits per heavy atom. The Kier molecular flexibility index (Phi) is 4.90. The Hall–Kier alpha value is -3.45. The van der Waals surface area contributed by atoms with Crippen LogP contribution in [0.5, 0.6) is 0 Å². The molecule has 4 rings (SSSR count). The minimum atomic E-state index is -0.386. The smallest absolute Gasteiger partial charge is 0.274 e. The van der Waals surface area contributed by atoms with Crippen LogP contribution < -0.4 is 5.32 Å². The summed E-state index contributed by atoms with van der Waals surface area (Å²) in [5.74, 6) is 0.258. The summed E-state index contributed by atoms with van der Waals surface area (Å²) < 4.78 is 6.88. The number of halogens is 1. The zero-order chi connectivity index (χ0) is 19.5. The maximum absolute atomic E-state index is 12.9. The molecule has 3 aromatic heterocycles. The van der Waals surface area contributed by atoms with Crippen LogP contribution in [0.15, 0.2) is 71.5 Å². The van der Waals surface area contributed by atoms with Crippen molar-refractivity contribution < 1.29 is 9.21 Å². The van der Waals surface area contributed by atoms with Crippen molar-refractivity contribution in [3.05, 3.63) is 83.5 Å². The van der Waals surface area contributed by atoms with E-state index < -0.39 is 0 Å². The number of rotatable bonds is 5. The summed E-state index contributed by atoms with van der Waals surface area (Å²) in [4.78, 5) is 17.3. The molecule has 0 saturated carbocycles. The van der Waals surface area contributed by atoms with Gasteiger partial charge in [-0.3, -0.25) is 9.78 Å². The van der Waals surface area contributed by atoms with Crippen molar-refractivity contribution in [2.24, 2.45) is 0 Å². The Bertz CT molecular complexity index is 1090. The summed E-state index contributed by atoms with van der Waals surface area (Å²) >= 11 is 6.34. The molecule has 0 aliphatic carbocycles. The highest BCUT2D eigenvalue weighted by molar-refractivity contribution is 6.32. The second kappa shape index (κ2) is 7.66. The Balaban J connectivity index is 1.78. The van der Waals surface area contributed by atoms with Crippen LogP contribution >= 0.6 is 11.6 Å². The number of benzene rings is 1. The van der Waals surface area contributed by atoms with Gasteiger partial charge in [0.25, 0.3) is 5.91 Å². The second-order valence-corrected chi connectivity index (χ2v) is 6.48. The molecule has 140 valence electrons. The van der Waals surface area contributed by atoms with E-state index in [1.165, 1.54) is 4.68 Å². The molecule has 0 saturated heterocycles. The van der Waals surface area contributed by atoms with Crippen LogP contribution in [0.2, 0.25) is 5.02 Å². The monoisotopic (exact) mass is 393 g/mol. The van der Waals surface area contributed by atoms with E-state index in [4.69, 9.17) is 16.0 Å². The van der Waals surface area contributed by atoms with E-state index in [0.717, 1.165) is 0 Å². The van der Waals surface area contributed by atoms with E-state index >= 15 is 0 Å². The number of hydrogen-bond acceptors (Lipinski definition) is 5. The van der Waals surface area contributed by atoms with Crippen molar-refractivity contribution in [2.45, 2.75) is 13.0 Å². The number of aromatic nitrogens is 4. The molecule has 8 heteroatoms. The average molecular weight is 394 g/mol. The third kappa shape index (κ3) is 3.39. The highest BCUT2D eigenvalue weighted by Gasteiger charge is 2.25. The van der Waals surface area contributed by atoms with E-state index in [1.54, 1.807) is 48.9 Å². The molecule has 1 N–H and O–H groups in total. The summed E-state index contributed by atoms with van der Waals surface area (Å²) in [6.45, 7) is 1.83. The topological polar surface area (TPSA) is 85.8 Å². The fourth-order valence-corrected chi connectivity index (χ4v) is 3.05. The van der Waals surface area contributed by atoms with Gasteiger partial charge in [0, 0.05) is 6.20 Å². The summed E-state index contributed by atoms with van der Waals surface area (Å²) in [6.07, 6.45) is 3.21. The van der Waals surface area contributed by atoms with Crippen LogP contribution in [-0.2, 0) is 0 Å².